The molecule has 3 N–H and O–H groups in total. The van der Waals surface area contributed by atoms with E-state index in [-0.39, 0.29) is 9.64 Å². The molecule has 1 aliphatic rings. The lowest BCUT2D eigenvalue weighted by Gasteiger charge is -2.22. The molecule has 0 saturated carbocycles. The van der Waals surface area contributed by atoms with Gasteiger partial charge in [-0.05, 0) is 43.2 Å². The summed E-state index contributed by atoms with van der Waals surface area (Å²) in [4.78, 5) is 0.186. The third-order valence-corrected chi connectivity index (χ3v) is 6.78. The van der Waals surface area contributed by atoms with Crippen LogP contribution in [0.4, 0.5) is 0 Å². The molecule has 0 aliphatic carbocycles. The molecule has 1 saturated heterocycles. The fourth-order valence-corrected chi connectivity index (χ4v) is 5.02. The first-order valence-electron chi connectivity index (χ1n) is 6.48. The summed E-state index contributed by atoms with van der Waals surface area (Å²) >= 11 is 7.83. The Bertz CT molecular complexity index is 584. The van der Waals surface area contributed by atoms with E-state index in [9.17, 15) is 8.42 Å². The minimum absolute atomic E-state index is 0.00589. The first kappa shape index (κ1) is 16.1. The van der Waals surface area contributed by atoms with Crippen LogP contribution in [0.3, 0.4) is 0 Å². The van der Waals surface area contributed by atoms with Crippen molar-refractivity contribution in [3.63, 3.8) is 0 Å². The van der Waals surface area contributed by atoms with Gasteiger partial charge < -0.3 is 5.73 Å². The minimum Gasteiger partial charge on any atom is -0.326 e. The first-order chi connectivity index (χ1) is 9.36. The highest BCUT2D eigenvalue weighted by Gasteiger charge is 2.31. The molecule has 1 aromatic rings. The lowest BCUT2D eigenvalue weighted by molar-refractivity contribution is 0.552. The van der Waals surface area contributed by atoms with Gasteiger partial charge in [0.05, 0.1) is 4.90 Å². The van der Waals surface area contributed by atoms with E-state index in [4.69, 9.17) is 17.3 Å². The molecule has 0 radical (unpaired) electrons. The summed E-state index contributed by atoms with van der Waals surface area (Å²) < 4.78 is 27.2. The number of hydrogen-bond donors (Lipinski definition) is 2. The average Bonchev–Trinajstić information content (AvgIpc) is 2.84. The van der Waals surface area contributed by atoms with Crippen molar-refractivity contribution < 1.29 is 8.42 Å². The molecular weight excluding hydrogens is 316 g/mol. The van der Waals surface area contributed by atoms with Crippen molar-refractivity contribution in [1.82, 2.24) is 4.72 Å². The number of sulfonamides is 1. The van der Waals surface area contributed by atoms with E-state index in [1.807, 2.05) is 11.8 Å². The van der Waals surface area contributed by atoms with Crippen molar-refractivity contribution in [1.29, 1.82) is 0 Å². The normalized spacial score (nSPS) is 23.1. The molecule has 0 bridgehead atoms. The van der Waals surface area contributed by atoms with Crippen LogP contribution < -0.4 is 10.5 Å². The molecule has 0 spiro atoms. The molecule has 1 fully saturated rings. The molecule has 0 aromatic heterocycles. The van der Waals surface area contributed by atoms with Gasteiger partial charge in [0.2, 0.25) is 10.0 Å². The summed E-state index contributed by atoms with van der Waals surface area (Å²) in [5.41, 5.74) is 6.26. The van der Waals surface area contributed by atoms with Crippen molar-refractivity contribution in [2.75, 3.05) is 12.3 Å². The molecule has 1 unspecified atom stereocenters. The molecule has 112 valence electrons. The molecule has 1 aromatic carbocycles. The Morgan fingerprint density at radius 3 is 2.80 bits per heavy atom. The van der Waals surface area contributed by atoms with E-state index >= 15 is 0 Å². The van der Waals surface area contributed by atoms with Crippen LogP contribution in [-0.2, 0) is 16.6 Å². The summed E-state index contributed by atoms with van der Waals surface area (Å²) in [5, 5.41) is 0.386. The maximum Gasteiger partial charge on any atom is 0.240 e. The van der Waals surface area contributed by atoms with Gasteiger partial charge in [-0.25, -0.2) is 13.1 Å². The Morgan fingerprint density at radius 2 is 2.25 bits per heavy atom. The van der Waals surface area contributed by atoms with Crippen molar-refractivity contribution >= 4 is 33.4 Å². The van der Waals surface area contributed by atoms with Crippen LogP contribution in [0, 0.1) is 0 Å². The van der Waals surface area contributed by atoms with Gasteiger partial charge in [-0.1, -0.05) is 17.7 Å². The van der Waals surface area contributed by atoms with E-state index in [1.54, 1.807) is 12.1 Å². The van der Waals surface area contributed by atoms with Gasteiger partial charge in [0.25, 0.3) is 0 Å². The lowest BCUT2D eigenvalue weighted by atomic mass is 10.1. The number of nitrogens with one attached hydrogen (secondary N) is 1. The van der Waals surface area contributed by atoms with Gasteiger partial charge in [-0.3, -0.25) is 0 Å². The van der Waals surface area contributed by atoms with Crippen molar-refractivity contribution in [2.24, 2.45) is 5.73 Å². The molecule has 7 heteroatoms. The van der Waals surface area contributed by atoms with Gasteiger partial charge in [0.15, 0.2) is 0 Å². The number of halogens is 1. The van der Waals surface area contributed by atoms with Crippen molar-refractivity contribution in [2.45, 2.75) is 36.0 Å². The molecular formula is C13H19ClN2O2S2. The monoisotopic (exact) mass is 334 g/mol. The van der Waals surface area contributed by atoms with Crippen LogP contribution >= 0.6 is 23.4 Å². The number of thioether (sulfide) groups is 1. The second kappa shape index (κ2) is 6.23. The maximum absolute atomic E-state index is 12.3. The highest BCUT2D eigenvalue weighted by molar-refractivity contribution is 8.01. The molecule has 4 nitrogen and oxygen atoms in total. The zero-order valence-corrected chi connectivity index (χ0v) is 13.7. The Balaban J connectivity index is 2.12. The van der Waals surface area contributed by atoms with Gasteiger partial charge in [-0.15, -0.1) is 0 Å². The van der Waals surface area contributed by atoms with Gasteiger partial charge in [-0.2, -0.15) is 11.8 Å². The van der Waals surface area contributed by atoms with Gasteiger partial charge in [0, 0.05) is 22.9 Å². The van der Waals surface area contributed by atoms with E-state index < -0.39 is 10.0 Å². The SMILES string of the molecule is CC1(CNS(=O)(=O)c2ccc(CN)c(Cl)c2)CCCS1. The van der Waals surface area contributed by atoms with E-state index in [0.29, 0.717) is 18.1 Å². The fourth-order valence-electron chi connectivity index (χ4n) is 2.17. The predicted molar refractivity (Wildman–Crippen MR) is 84.6 cm³/mol. The smallest absolute Gasteiger partial charge is 0.240 e. The Labute approximate surface area is 129 Å². The first-order valence-corrected chi connectivity index (χ1v) is 9.33. The molecule has 1 aliphatic heterocycles. The largest absolute Gasteiger partial charge is 0.326 e. The van der Waals surface area contributed by atoms with Crippen molar-refractivity contribution in [3.8, 4) is 0 Å². The number of rotatable bonds is 5. The lowest BCUT2D eigenvalue weighted by Crippen LogP contribution is -2.36. The number of hydrogen-bond acceptors (Lipinski definition) is 4. The Kier molecular flexibility index (Phi) is 5.02. The third-order valence-electron chi connectivity index (χ3n) is 3.49. The van der Waals surface area contributed by atoms with Crippen LogP contribution in [0.15, 0.2) is 23.1 Å². The molecule has 0 amide bonds. The zero-order chi connectivity index (χ0) is 14.8. The highest BCUT2D eigenvalue weighted by Crippen LogP contribution is 2.37. The highest BCUT2D eigenvalue weighted by atomic mass is 35.5. The maximum atomic E-state index is 12.3. The molecule has 1 heterocycles. The fraction of sp³-hybridized carbons (Fsp3) is 0.538. The van der Waals surface area contributed by atoms with Gasteiger partial charge >= 0.3 is 0 Å². The van der Waals surface area contributed by atoms with E-state index in [0.717, 1.165) is 24.2 Å². The summed E-state index contributed by atoms with van der Waals surface area (Å²) in [6.45, 7) is 2.83. The Hall–Kier alpha value is -0.270. The molecule has 2 rings (SSSR count). The number of nitrogens with two attached hydrogens (primary N) is 1. The van der Waals surface area contributed by atoms with Crippen LogP contribution in [0.5, 0.6) is 0 Å². The second-order valence-corrected chi connectivity index (χ2v) is 9.04. The van der Waals surface area contributed by atoms with E-state index in [2.05, 4.69) is 11.6 Å². The van der Waals surface area contributed by atoms with E-state index in [1.165, 1.54) is 6.07 Å². The van der Waals surface area contributed by atoms with Gasteiger partial charge in [0.1, 0.15) is 0 Å². The standard InChI is InChI=1S/C13H19ClN2O2S2/c1-13(5-2-6-19-13)9-16-20(17,18)11-4-3-10(8-15)12(14)7-11/h3-4,7,16H,2,5-6,8-9,15H2,1H3. The average molecular weight is 335 g/mol. The number of benzene rings is 1. The molecule has 1 atom stereocenters. The Morgan fingerprint density at radius 1 is 1.50 bits per heavy atom. The summed E-state index contributed by atoms with van der Waals surface area (Å²) in [5.74, 6) is 1.09. The van der Waals surface area contributed by atoms with Crippen LogP contribution in [0.1, 0.15) is 25.3 Å². The summed E-state index contributed by atoms with van der Waals surface area (Å²) in [6, 6.07) is 4.65. The quantitative estimate of drug-likeness (QED) is 0.867. The third kappa shape index (κ3) is 3.68. The van der Waals surface area contributed by atoms with Crippen LogP contribution in [-0.4, -0.2) is 25.5 Å². The zero-order valence-electron chi connectivity index (χ0n) is 11.4. The summed E-state index contributed by atoms with van der Waals surface area (Å²) in [7, 11) is -3.52. The van der Waals surface area contributed by atoms with Crippen LogP contribution in [0.25, 0.3) is 0 Å². The molecule has 20 heavy (non-hydrogen) atoms. The summed E-state index contributed by atoms with van der Waals surface area (Å²) in [6.07, 6.45) is 2.17. The predicted octanol–water partition coefficient (Wildman–Crippen LogP) is 2.36. The van der Waals surface area contributed by atoms with Crippen molar-refractivity contribution in [3.05, 3.63) is 28.8 Å². The topological polar surface area (TPSA) is 72.2 Å². The minimum atomic E-state index is -3.52. The second-order valence-electron chi connectivity index (χ2n) is 5.18. The van der Waals surface area contributed by atoms with Crippen LogP contribution in [0.2, 0.25) is 5.02 Å².